The first-order chi connectivity index (χ1) is 10.6. The van der Waals surface area contributed by atoms with Crippen molar-refractivity contribution < 1.29 is 14.6 Å². The fraction of sp³-hybridized carbons (Fsp3) is 0.588. The Hall–Kier alpha value is -1.10. The largest absolute Gasteiger partial charge is 0.468 e. The fourth-order valence-electron chi connectivity index (χ4n) is 3.92. The van der Waals surface area contributed by atoms with E-state index in [0.29, 0.717) is 17.5 Å². The van der Waals surface area contributed by atoms with Crippen LogP contribution >= 0.6 is 11.6 Å². The van der Waals surface area contributed by atoms with Gasteiger partial charge in [-0.15, -0.1) is 0 Å². The molecule has 1 aromatic rings. The van der Waals surface area contributed by atoms with Crippen molar-refractivity contribution in [3.05, 3.63) is 34.9 Å². The van der Waals surface area contributed by atoms with Crippen LogP contribution in [-0.4, -0.2) is 41.3 Å². The van der Waals surface area contributed by atoms with E-state index >= 15 is 0 Å². The lowest BCUT2D eigenvalue weighted by atomic mass is 9.83. The van der Waals surface area contributed by atoms with Crippen molar-refractivity contribution in [1.82, 2.24) is 4.90 Å². The third kappa shape index (κ3) is 3.14. The highest BCUT2D eigenvalue weighted by Gasteiger charge is 2.47. The number of esters is 1. The molecule has 0 spiro atoms. The second-order valence-electron chi connectivity index (χ2n) is 6.37. The van der Waals surface area contributed by atoms with Crippen molar-refractivity contribution in [2.24, 2.45) is 5.92 Å². The summed E-state index contributed by atoms with van der Waals surface area (Å²) in [5.74, 6) is 0.303. The predicted octanol–water partition coefficient (Wildman–Crippen LogP) is 2.62. The van der Waals surface area contributed by atoms with Crippen LogP contribution in [0, 0.1) is 5.92 Å². The molecule has 1 saturated carbocycles. The Balaban J connectivity index is 1.82. The summed E-state index contributed by atoms with van der Waals surface area (Å²) in [5, 5.41) is 10.7. The topological polar surface area (TPSA) is 49.8 Å². The number of carbonyl (C=O) groups is 1. The highest BCUT2D eigenvalue weighted by molar-refractivity contribution is 6.30. The minimum atomic E-state index is -0.259. The number of carbonyl (C=O) groups excluding carboxylic acids is 1. The molecule has 1 N–H and O–H groups in total. The zero-order valence-electron chi connectivity index (χ0n) is 12.7. The highest BCUT2D eigenvalue weighted by Crippen LogP contribution is 2.41. The van der Waals surface area contributed by atoms with Gasteiger partial charge in [-0.3, -0.25) is 9.69 Å². The second-order valence-corrected chi connectivity index (χ2v) is 6.80. The number of fused-ring (bicyclic) bond motifs is 1. The van der Waals surface area contributed by atoms with Crippen LogP contribution in [0.3, 0.4) is 0 Å². The van der Waals surface area contributed by atoms with Gasteiger partial charge in [-0.1, -0.05) is 23.7 Å². The molecule has 3 rings (SSSR count). The molecule has 1 aliphatic carbocycles. The molecule has 4 nitrogen and oxygen atoms in total. The summed E-state index contributed by atoms with van der Waals surface area (Å²) < 4.78 is 4.99. The number of halogens is 1. The first-order valence-electron chi connectivity index (χ1n) is 7.84. The molecule has 1 aromatic carbocycles. The van der Waals surface area contributed by atoms with Crippen LogP contribution in [0.4, 0.5) is 0 Å². The van der Waals surface area contributed by atoms with E-state index in [2.05, 4.69) is 4.90 Å². The summed E-state index contributed by atoms with van der Waals surface area (Å²) in [6, 6.07) is 7.76. The average Bonchev–Trinajstić information content (AvgIpc) is 2.87. The molecule has 2 fully saturated rings. The lowest BCUT2D eigenvalue weighted by molar-refractivity contribution is -0.146. The zero-order chi connectivity index (χ0) is 15.7. The normalized spacial score (nSPS) is 31.8. The van der Waals surface area contributed by atoms with E-state index in [4.69, 9.17) is 16.3 Å². The van der Waals surface area contributed by atoms with Crippen LogP contribution in [0.5, 0.6) is 0 Å². The summed E-state index contributed by atoms with van der Waals surface area (Å²) in [6.07, 6.45) is 3.13. The van der Waals surface area contributed by atoms with Crippen LogP contribution in [0.15, 0.2) is 24.3 Å². The van der Waals surface area contributed by atoms with E-state index in [1.54, 1.807) is 0 Å². The van der Waals surface area contributed by atoms with E-state index in [1.807, 2.05) is 24.3 Å². The van der Waals surface area contributed by atoms with Crippen molar-refractivity contribution in [2.45, 2.75) is 50.4 Å². The van der Waals surface area contributed by atoms with E-state index in [9.17, 15) is 9.90 Å². The number of hydrogen-bond acceptors (Lipinski definition) is 4. The lowest BCUT2D eigenvalue weighted by Gasteiger charge is -2.35. The van der Waals surface area contributed by atoms with Gasteiger partial charge >= 0.3 is 5.97 Å². The molecular weight excluding hydrogens is 302 g/mol. The van der Waals surface area contributed by atoms with Crippen molar-refractivity contribution in [1.29, 1.82) is 0 Å². The van der Waals surface area contributed by atoms with Gasteiger partial charge in [0, 0.05) is 17.6 Å². The fourth-order valence-corrected chi connectivity index (χ4v) is 4.04. The minimum Gasteiger partial charge on any atom is -0.468 e. The van der Waals surface area contributed by atoms with Gasteiger partial charge in [-0.25, -0.2) is 0 Å². The number of hydrogen-bond donors (Lipinski definition) is 1. The number of aliphatic hydroxyl groups excluding tert-OH is 1. The Bertz CT molecular complexity index is 533. The molecule has 5 heteroatoms. The van der Waals surface area contributed by atoms with Crippen molar-refractivity contribution in [2.75, 3.05) is 7.11 Å². The van der Waals surface area contributed by atoms with Crippen LogP contribution in [0.1, 0.15) is 31.2 Å². The SMILES string of the molecule is COC(=O)[C@H]1C[C@@H]2CC[C@H](O)C[C@@H]2N1Cc1ccc(Cl)cc1. The molecule has 2 aliphatic rings. The standard InChI is InChI=1S/C17H22ClNO3/c1-22-17(21)16-8-12-4-7-14(20)9-15(12)19(16)10-11-2-5-13(18)6-3-11/h2-3,5-6,12,14-16,20H,4,7-10H2,1H3/t12-,14-,15-,16+/m0/s1. The average molecular weight is 324 g/mol. The third-order valence-corrected chi connectivity index (χ3v) is 5.28. The molecule has 1 aliphatic heterocycles. The van der Waals surface area contributed by atoms with E-state index < -0.39 is 0 Å². The number of ether oxygens (including phenoxy) is 1. The second kappa shape index (κ2) is 6.57. The first kappa shape index (κ1) is 15.8. The summed E-state index contributed by atoms with van der Waals surface area (Å²) in [6.45, 7) is 0.685. The summed E-state index contributed by atoms with van der Waals surface area (Å²) in [4.78, 5) is 14.4. The lowest BCUT2D eigenvalue weighted by Crippen LogP contribution is -2.44. The van der Waals surface area contributed by atoms with Gasteiger partial charge < -0.3 is 9.84 Å². The Kier molecular flexibility index (Phi) is 4.71. The number of aliphatic hydroxyl groups is 1. The van der Waals surface area contributed by atoms with Crippen LogP contribution < -0.4 is 0 Å². The molecular formula is C17H22ClNO3. The quantitative estimate of drug-likeness (QED) is 0.869. The van der Waals surface area contributed by atoms with Crippen molar-refractivity contribution in [3.63, 3.8) is 0 Å². The Morgan fingerprint density at radius 3 is 2.73 bits per heavy atom. The summed E-state index contributed by atoms with van der Waals surface area (Å²) in [7, 11) is 1.44. The molecule has 4 atom stereocenters. The first-order valence-corrected chi connectivity index (χ1v) is 8.22. The smallest absolute Gasteiger partial charge is 0.323 e. The van der Waals surface area contributed by atoms with Gasteiger partial charge in [-0.2, -0.15) is 0 Å². The van der Waals surface area contributed by atoms with E-state index in [-0.39, 0.29) is 24.2 Å². The molecule has 0 aromatic heterocycles. The van der Waals surface area contributed by atoms with Gasteiger partial charge in [-0.05, 0) is 49.3 Å². The predicted molar refractivity (Wildman–Crippen MR) is 84.6 cm³/mol. The number of nitrogens with zero attached hydrogens (tertiary/aromatic N) is 1. The molecule has 120 valence electrons. The minimum absolute atomic E-state index is 0.169. The number of methoxy groups -OCH3 is 1. The number of likely N-dealkylation sites (tertiary alicyclic amines) is 1. The zero-order valence-corrected chi connectivity index (χ0v) is 13.5. The third-order valence-electron chi connectivity index (χ3n) is 5.03. The maximum absolute atomic E-state index is 12.1. The van der Waals surface area contributed by atoms with E-state index in [1.165, 1.54) is 7.11 Å². The van der Waals surface area contributed by atoms with Crippen LogP contribution in [0.25, 0.3) is 0 Å². The summed E-state index contributed by atoms with van der Waals surface area (Å²) >= 11 is 5.94. The highest BCUT2D eigenvalue weighted by atomic mass is 35.5. The summed E-state index contributed by atoms with van der Waals surface area (Å²) in [5.41, 5.74) is 1.12. The number of rotatable bonds is 3. The molecule has 1 heterocycles. The van der Waals surface area contributed by atoms with Crippen molar-refractivity contribution in [3.8, 4) is 0 Å². The van der Waals surface area contributed by atoms with E-state index in [0.717, 1.165) is 31.2 Å². The number of benzene rings is 1. The molecule has 0 radical (unpaired) electrons. The maximum atomic E-state index is 12.1. The van der Waals surface area contributed by atoms with Gasteiger partial charge in [0.05, 0.1) is 13.2 Å². The van der Waals surface area contributed by atoms with Crippen LogP contribution in [-0.2, 0) is 16.1 Å². The van der Waals surface area contributed by atoms with Gasteiger partial charge in [0.15, 0.2) is 0 Å². The molecule has 1 saturated heterocycles. The maximum Gasteiger partial charge on any atom is 0.323 e. The van der Waals surface area contributed by atoms with Gasteiger partial charge in [0.2, 0.25) is 0 Å². The Morgan fingerprint density at radius 2 is 2.05 bits per heavy atom. The molecule has 0 bridgehead atoms. The monoisotopic (exact) mass is 323 g/mol. The molecule has 22 heavy (non-hydrogen) atoms. The Morgan fingerprint density at radius 1 is 1.32 bits per heavy atom. The molecule has 0 unspecified atom stereocenters. The van der Waals surface area contributed by atoms with Crippen molar-refractivity contribution >= 4 is 17.6 Å². The van der Waals surface area contributed by atoms with Gasteiger partial charge in [0.1, 0.15) is 6.04 Å². The molecule has 0 amide bonds. The van der Waals surface area contributed by atoms with Gasteiger partial charge in [0.25, 0.3) is 0 Å². The van der Waals surface area contributed by atoms with Crippen LogP contribution in [0.2, 0.25) is 5.02 Å². The Labute approximate surface area is 136 Å².